The number of carbonyl (C=O) groups is 2. The molecule has 2 aromatic carbocycles. The van der Waals surface area contributed by atoms with Crippen LogP contribution in [0.3, 0.4) is 0 Å². The van der Waals surface area contributed by atoms with Gasteiger partial charge in [0.1, 0.15) is 18.4 Å². The van der Waals surface area contributed by atoms with Crippen LogP contribution in [-0.2, 0) is 26.0 Å². The summed E-state index contributed by atoms with van der Waals surface area (Å²) in [6, 6.07) is 13.8. The highest BCUT2D eigenvalue weighted by atomic mass is 32.2. The van der Waals surface area contributed by atoms with Gasteiger partial charge in [0.05, 0.1) is 11.9 Å². The number of anilines is 1. The zero-order chi connectivity index (χ0) is 25.3. The fourth-order valence-electron chi connectivity index (χ4n) is 3.56. The minimum absolute atomic E-state index is 0.0520. The van der Waals surface area contributed by atoms with E-state index >= 15 is 0 Å². The minimum Gasteiger partial charge on any atom is -0.354 e. The lowest BCUT2D eigenvalue weighted by molar-refractivity contribution is -0.139. The van der Waals surface area contributed by atoms with E-state index in [1.54, 1.807) is 0 Å². The summed E-state index contributed by atoms with van der Waals surface area (Å²) in [6.07, 6.45) is 1.83. The van der Waals surface area contributed by atoms with E-state index in [0.717, 1.165) is 22.2 Å². The van der Waals surface area contributed by atoms with Crippen LogP contribution in [-0.4, -0.2) is 57.1 Å². The smallest absolute Gasteiger partial charge is 0.244 e. The molecule has 0 heterocycles. The molecule has 0 spiro atoms. The van der Waals surface area contributed by atoms with Gasteiger partial charge in [-0.05, 0) is 42.5 Å². The van der Waals surface area contributed by atoms with Crippen molar-refractivity contribution in [1.82, 2.24) is 10.2 Å². The third kappa shape index (κ3) is 8.13. The first kappa shape index (κ1) is 27.3. The van der Waals surface area contributed by atoms with Crippen molar-refractivity contribution in [3.63, 3.8) is 0 Å². The molecule has 2 amide bonds. The van der Waals surface area contributed by atoms with Crippen LogP contribution in [0.2, 0.25) is 0 Å². The maximum atomic E-state index is 13.8. The van der Waals surface area contributed by atoms with Crippen molar-refractivity contribution in [1.29, 1.82) is 0 Å². The molecule has 0 aliphatic rings. The van der Waals surface area contributed by atoms with Crippen LogP contribution < -0.4 is 9.62 Å². The zero-order valence-corrected chi connectivity index (χ0v) is 21.0. The Balaban J connectivity index is 2.34. The van der Waals surface area contributed by atoms with Crippen LogP contribution in [0.5, 0.6) is 0 Å². The predicted octanol–water partition coefficient (Wildman–Crippen LogP) is 3.21. The van der Waals surface area contributed by atoms with Gasteiger partial charge in [-0.25, -0.2) is 12.8 Å². The van der Waals surface area contributed by atoms with E-state index in [0.29, 0.717) is 19.4 Å². The molecular formula is C25H34FN3O4S. The summed E-state index contributed by atoms with van der Waals surface area (Å²) in [4.78, 5) is 27.8. The molecule has 2 rings (SSSR count). The summed E-state index contributed by atoms with van der Waals surface area (Å²) in [5.74, 6) is -1.19. The highest BCUT2D eigenvalue weighted by Crippen LogP contribution is 2.20. The lowest BCUT2D eigenvalue weighted by Crippen LogP contribution is -2.53. The number of nitrogens with zero attached hydrogens (tertiary/aromatic N) is 2. The topological polar surface area (TPSA) is 86.8 Å². The Morgan fingerprint density at radius 3 is 2.29 bits per heavy atom. The molecule has 0 unspecified atom stereocenters. The number of rotatable bonds is 12. The number of hydrogen-bond acceptors (Lipinski definition) is 4. The van der Waals surface area contributed by atoms with E-state index < -0.39 is 34.3 Å². The molecule has 0 bridgehead atoms. The molecule has 1 atom stereocenters. The van der Waals surface area contributed by atoms with Crippen LogP contribution in [0.1, 0.15) is 32.8 Å². The number of amides is 2. The lowest BCUT2D eigenvalue weighted by Gasteiger charge is -2.33. The predicted molar refractivity (Wildman–Crippen MR) is 132 cm³/mol. The fraction of sp³-hybridized carbons (Fsp3) is 0.440. The SMILES string of the molecule is CC[C@@H](C(=O)NCC(C)C)N(CCc1ccccc1)C(=O)CN(c1cccc(F)c1)S(C)(=O)=O. The summed E-state index contributed by atoms with van der Waals surface area (Å²) in [5.41, 5.74) is 1.04. The normalized spacial score (nSPS) is 12.3. The maximum absolute atomic E-state index is 13.8. The number of nitrogens with one attached hydrogen (secondary N) is 1. The second-order valence-electron chi connectivity index (χ2n) is 8.64. The molecule has 1 N–H and O–H groups in total. The van der Waals surface area contributed by atoms with Gasteiger partial charge in [-0.1, -0.05) is 57.2 Å². The van der Waals surface area contributed by atoms with Crippen LogP contribution in [0.25, 0.3) is 0 Å². The zero-order valence-electron chi connectivity index (χ0n) is 20.2. The van der Waals surface area contributed by atoms with Crippen molar-refractivity contribution in [2.75, 3.05) is 30.2 Å². The van der Waals surface area contributed by atoms with Gasteiger partial charge < -0.3 is 10.2 Å². The van der Waals surface area contributed by atoms with E-state index in [2.05, 4.69) is 5.32 Å². The highest BCUT2D eigenvalue weighted by Gasteiger charge is 2.31. The molecule has 186 valence electrons. The molecule has 0 fully saturated rings. The second-order valence-corrected chi connectivity index (χ2v) is 10.5. The van der Waals surface area contributed by atoms with Crippen molar-refractivity contribution in [2.45, 2.75) is 39.7 Å². The Kier molecular flexibility index (Phi) is 10.0. The third-order valence-corrected chi connectivity index (χ3v) is 6.47. The van der Waals surface area contributed by atoms with Gasteiger partial charge in [-0.2, -0.15) is 0 Å². The molecule has 0 aliphatic heterocycles. The first-order chi connectivity index (χ1) is 16.0. The van der Waals surface area contributed by atoms with Gasteiger partial charge in [0.25, 0.3) is 0 Å². The molecule has 0 saturated carbocycles. The summed E-state index contributed by atoms with van der Waals surface area (Å²) in [6.45, 7) is 5.92. The Bertz CT molecular complexity index is 1060. The second kappa shape index (κ2) is 12.5. The van der Waals surface area contributed by atoms with Crippen LogP contribution >= 0.6 is 0 Å². The molecule has 7 nitrogen and oxygen atoms in total. The average Bonchev–Trinajstić information content (AvgIpc) is 2.78. The van der Waals surface area contributed by atoms with E-state index in [-0.39, 0.29) is 24.1 Å². The van der Waals surface area contributed by atoms with Crippen LogP contribution in [0.15, 0.2) is 54.6 Å². The summed E-state index contributed by atoms with van der Waals surface area (Å²) in [7, 11) is -3.89. The maximum Gasteiger partial charge on any atom is 0.244 e. The third-order valence-electron chi connectivity index (χ3n) is 5.33. The Morgan fingerprint density at radius 2 is 1.74 bits per heavy atom. The van der Waals surface area contributed by atoms with Crippen molar-refractivity contribution >= 4 is 27.5 Å². The molecule has 9 heteroatoms. The van der Waals surface area contributed by atoms with Gasteiger partial charge in [-0.3, -0.25) is 13.9 Å². The standard InChI is InChI=1S/C25H34FN3O4S/c1-5-23(25(31)27-17-19(2)3)28(15-14-20-10-7-6-8-11-20)24(30)18-29(34(4,32)33)22-13-9-12-21(26)16-22/h6-13,16,19,23H,5,14-15,17-18H2,1-4H3,(H,27,31)/t23-/m0/s1. The number of halogens is 1. The van der Waals surface area contributed by atoms with Crippen LogP contribution in [0.4, 0.5) is 10.1 Å². The molecule has 0 aromatic heterocycles. The molecule has 2 aromatic rings. The number of carbonyl (C=O) groups excluding carboxylic acids is 2. The Morgan fingerprint density at radius 1 is 1.06 bits per heavy atom. The van der Waals surface area contributed by atoms with Crippen molar-refractivity contribution in [3.05, 3.63) is 66.0 Å². The van der Waals surface area contributed by atoms with E-state index in [1.807, 2.05) is 51.1 Å². The number of benzene rings is 2. The summed E-state index contributed by atoms with van der Waals surface area (Å²) in [5, 5.41) is 2.88. The molecule has 0 radical (unpaired) electrons. The van der Waals surface area contributed by atoms with Crippen molar-refractivity contribution in [2.24, 2.45) is 5.92 Å². The van der Waals surface area contributed by atoms with Gasteiger partial charge in [-0.15, -0.1) is 0 Å². The fourth-order valence-corrected chi connectivity index (χ4v) is 4.40. The van der Waals surface area contributed by atoms with Gasteiger partial charge in [0.2, 0.25) is 21.8 Å². The molecule has 34 heavy (non-hydrogen) atoms. The van der Waals surface area contributed by atoms with Crippen molar-refractivity contribution < 1.29 is 22.4 Å². The van der Waals surface area contributed by atoms with Crippen molar-refractivity contribution in [3.8, 4) is 0 Å². The first-order valence-electron chi connectivity index (χ1n) is 11.4. The molecule has 0 aliphatic carbocycles. The van der Waals surface area contributed by atoms with E-state index in [1.165, 1.54) is 23.1 Å². The summed E-state index contributed by atoms with van der Waals surface area (Å²) >= 11 is 0. The summed E-state index contributed by atoms with van der Waals surface area (Å²) < 4.78 is 39.6. The van der Waals surface area contributed by atoms with Gasteiger partial charge in [0.15, 0.2) is 0 Å². The van der Waals surface area contributed by atoms with Gasteiger partial charge in [0, 0.05) is 13.1 Å². The average molecular weight is 492 g/mol. The quantitative estimate of drug-likeness (QED) is 0.494. The van der Waals surface area contributed by atoms with E-state index in [9.17, 15) is 22.4 Å². The minimum atomic E-state index is -3.89. The largest absolute Gasteiger partial charge is 0.354 e. The first-order valence-corrected chi connectivity index (χ1v) is 13.2. The highest BCUT2D eigenvalue weighted by molar-refractivity contribution is 7.92. The number of hydrogen-bond donors (Lipinski definition) is 1. The van der Waals surface area contributed by atoms with Crippen LogP contribution in [0, 0.1) is 11.7 Å². The molecular weight excluding hydrogens is 457 g/mol. The Labute approximate surface area is 202 Å². The van der Waals surface area contributed by atoms with E-state index in [4.69, 9.17) is 0 Å². The monoisotopic (exact) mass is 491 g/mol. The Hall–Kier alpha value is -2.94. The lowest BCUT2D eigenvalue weighted by atomic mass is 10.1. The molecule has 0 saturated heterocycles. The number of sulfonamides is 1. The van der Waals surface area contributed by atoms with Gasteiger partial charge >= 0.3 is 0 Å².